The van der Waals surface area contributed by atoms with Gasteiger partial charge in [0.1, 0.15) is 11.5 Å². The van der Waals surface area contributed by atoms with Crippen molar-refractivity contribution in [1.29, 1.82) is 0 Å². The summed E-state index contributed by atoms with van der Waals surface area (Å²) in [7, 11) is 0. The van der Waals surface area contributed by atoms with Crippen molar-refractivity contribution in [1.82, 2.24) is 5.32 Å². The number of halogens is 1. The predicted octanol–water partition coefficient (Wildman–Crippen LogP) is 6.23. The molecular weight excluding hydrogens is 500 g/mol. The minimum absolute atomic E-state index is 0.209. The molecule has 0 aromatic heterocycles. The lowest BCUT2D eigenvalue weighted by atomic mass is 10.2. The number of hydrogen-bond donors (Lipinski definition) is 2. The number of nitrogens with one attached hydrogen (secondary N) is 2. The van der Waals surface area contributed by atoms with Crippen LogP contribution in [0.3, 0.4) is 0 Å². The first-order valence-electron chi connectivity index (χ1n) is 10.7. The van der Waals surface area contributed by atoms with Gasteiger partial charge in [-0.05, 0) is 70.0 Å². The summed E-state index contributed by atoms with van der Waals surface area (Å²) in [6.07, 6.45) is 0.805. The number of rotatable bonds is 9. The van der Waals surface area contributed by atoms with Gasteiger partial charge in [0.15, 0.2) is 5.11 Å². The van der Waals surface area contributed by atoms with Crippen molar-refractivity contribution in [2.45, 2.75) is 20.3 Å². The normalized spacial score (nSPS) is 10.5. The molecule has 0 spiro atoms. The smallest absolute Gasteiger partial charge is 0.257 e. The van der Waals surface area contributed by atoms with E-state index in [2.05, 4.69) is 52.5 Å². The highest BCUT2D eigenvalue weighted by Crippen LogP contribution is 2.26. The van der Waals surface area contributed by atoms with Crippen LogP contribution in [0.15, 0.2) is 77.3 Å². The van der Waals surface area contributed by atoms with Crippen molar-refractivity contribution in [2.24, 2.45) is 5.92 Å². The zero-order valence-electron chi connectivity index (χ0n) is 18.6. The van der Waals surface area contributed by atoms with E-state index < -0.39 is 0 Å². The van der Waals surface area contributed by atoms with E-state index in [0.29, 0.717) is 34.9 Å². The highest BCUT2D eigenvalue weighted by atomic mass is 79.9. The summed E-state index contributed by atoms with van der Waals surface area (Å²) in [5, 5.41) is 5.94. The molecule has 1 amide bonds. The van der Waals surface area contributed by atoms with Gasteiger partial charge in [0.2, 0.25) is 0 Å². The highest BCUT2D eigenvalue weighted by Gasteiger charge is 2.11. The van der Waals surface area contributed by atoms with Gasteiger partial charge >= 0.3 is 0 Å². The van der Waals surface area contributed by atoms with Crippen LogP contribution in [0.1, 0.15) is 29.8 Å². The van der Waals surface area contributed by atoms with E-state index in [9.17, 15) is 4.79 Å². The molecule has 3 aromatic carbocycles. The third kappa shape index (κ3) is 8.18. The van der Waals surface area contributed by atoms with E-state index in [0.717, 1.165) is 17.9 Å². The highest BCUT2D eigenvalue weighted by molar-refractivity contribution is 9.10. The fourth-order valence-corrected chi connectivity index (χ4v) is 3.65. The minimum atomic E-state index is -0.309. The SMILES string of the molecule is CC(C)COc1cccc(NC(=S)NC(=O)c2ccc(OCCc3ccccc3)c(Br)c2)c1. The van der Waals surface area contributed by atoms with Gasteiger partial charge in [0, 0.05) is 23.7 Å². The molecule has 0 aliphatic heterocycles. The van der Waals surface area contributed by atoms with E-state index in [1.165, 1.54) is 5.56 Å². The van der Waals surface area contributed by atoms with Crippen molar-refractivity contribution in [2.75, 3.05) is 18.5 Å². The molecule has 2 N–H and O–H groups in total. The molecule has 0 aliphatic rings. The molecule has 7 heteroatoms. The van der Waals surface area contributed by atoms with Crippen molar-refractivity contribution in [3.63, 3.8) is 0 Å². The fraction of sp³-hybridized carbons (Fsp3) is 0.231. The first-order chi connectivity index (χ1) is 15.9. The molecule has 0 fully saturated rings. The second-order valence-electron chi connectivity index (χ2n) is 7.87. The number of benzene rings is 3. The topological polar surface area (TPSA) is 59.6 Å². The molecule has 3 aromatic rings. The molecule has 0 saturated heterocycles. The summed E-state index contributed by atoms with van der Waals surface area (Å²) in [4.78, 5) is 12.6. The molecular formula is C26H27BrN2O3S. The van der Waals surface area contributed by atoms with Crippen molar-refractivity contribution in [3.05, 3.63) is 88.4 Å². The first kappa shape index (κ1) is 24.7. The number of amides is 1. The maximum Gasteiger partial charge on any atom is 0.257 e. The maximum absolute atomic E-state index is 12.6. The van der Waals surface area contributed by atoms with E-state index in [4.69, 9.17) is 21.7 Å². The molecule has 0 radical (unpaired) electrons. The van der Waals surface area contributed by atoms with Crippen LogP contribution in [0.25, 0.3) is 0 Å². The standard InChI is InChI=1S/C26H27BrN2O3S/c1-18(2)17-32-22-10-6-9-21(16-22)28-26(33)29-25(30)20-11-12-24(23(27)15-20)31-14-13-19-7-4-3-5-8-19/h3-12,15-16,18H,13-14,17H2,1-2H3,(H2,28,29,30,33). The van der Waals surface area contributed by atoms with Crippen molar-refractivity contribution < 1.29 is 14.3 Å². The third-order valence-electron chi connectivity index (χ3n) is 4.59. The van der Waals surface area contributed by atoms with Crippen LogP contribution in [0, 0.1) is 5.92 Å². The number of hydrogen-bond acceptors (Lipinski definition) is 4. The zero-order valence-corrected chi connectivity index (χ0v) is 21.0. The van der Waals surface area contributed by atoms with E-state index >= 15 is 0 Å². The first-order valence-corrected chi connectivity index (χ1v) is 11.9. The molecule has 0 atom stereocenters. The monoisotopic (exact) mass is 526 g/mol. The molecule has 3 rings (SSSR count). The molecule has 0 aliphatic carbocycles. The number of thiocarbonyl (C=S) groups is 1. The summed E-state index contributed by atoms with van der Waals surface area (Å²) >= 11 is 8.79. The number of carbonyl (C=O) groups is 1. The molecule has 33 heavy (non-hydrogen) atoms. The fourth-order valence-electron chi connectivity index (χ4n) is 2.95. The lowest BCUT2D eigenvalue weighted by Gasteiger charge is -2.13. The van der Waals surface area contributed by atoms with Gasteiger partial charge in [-0.25, -0.2) is 0 Å². The molecule has 0 saturated carbocycles. The Kier molecular flexibility index (Phi) is 9.27. The van der Waals surface area contributed by atoms with Gasteiger partial charge in [-0.1, -0.05) is 50.2 Å². The summed E-state index contributed by atoms with van der Waals surface area (Å²) in [5.41, 5.74) is 2.42. The Morgan fingerprint density at radius 3 is 2.52 bits per heavy atom. The summed E-state index contributed by atoms with van der Waals surface area (Å²) < 4.78 is 12.3. The van der Waals surface area contributed by atoms with E-state index in [1.54, 1.807) is 18.2 Å². The van der Waals surface area contributed by atoms with Gasteiger partial charge in [0.25, 0.3) is 5.91 Å². The van der Waals surface area contributed by atoms with Crippen LogP contribution in [0.5, 0.6) is 11.5 Å². The van der Waals surface area contributed by atoms with Gasteiger partial charge in [-0.3, -0.25) is 10.1 Å². The Balaban J connectivity index is 1.51. The molecule has 0 heterocycles. The molecule has 0 unspecified atom stereocenters. The molecule has 172 valence electrons. The Morgan fingerprint density at radius 2 is 1.79 bits per heavy atom. The van der Waals surface area contributed by atoms with Gasteiger partial charge in [0.05, 0.1) is 17.7 Å². The Hall–Kier alpha value is -2.90. The lowest BCUT2D eigenvalue weighted by molar-refractivity contribution is 0.0977. The number of carbonyl (C=O) groups excluding carboxylic acids is 1. The third-order valence-corrected chi connectivity index (χ3v) is 5.41. The Morgan fingerprint density at radius 1 is 1.00 bits per heavy atom. The van der Waals surface area contributed by atoms with E-state index in [-0.39, 0.29) is 11.0 Å². The number of ether oxygens (including phenoxy) is 2. The quantitative estimate of drug-likeness (QED) is 0.323. The van der Waals surface area contributed by atoms with Gasteiger partial charge in [-0.2, -0.15) is 0 Å². The maximum atomic E-state index is 12.6. The Labute approximate surface area is 208 Å². The van der Waals surface area contributed by atoms with Crippen LogP contribution in [0.4, 0.5) is 5.69 Å². The van der Waals surface area contributed by atoms with Crippen molar-refractivity contribution >= 4 is 44.9 Å². The summed E-state index contributed by atoms with van der Waals surface area (Å²) in [6.45, 7) is 5.36. The van der Waals surface area contributed by atoms with E-state index in [1.807, 2.05) is 42.5 Å². The average Bonchev–Trinajstić information content (AvgIpc) is 2.79. The number of anilines is 1. The second-order valence-corrected chi connectivity index (χ2v) is 9.13. The zero-order chi connectivity index (χ0) is 23.6. The average molecular weight is 527 g/mol. The van der Waals surface area contributed by atoms with Crippen molar-refractivity contribution in [3.8, 4) is 11.5 Å². The van der Waals surface area contributed by atoms with Gasteiger partial charge in [-0.15, -0.1) is 0 Å². The second kappa shape index (κ2) is 12.4. The lowest BCUT2D eigenvalue weighted by Crippen LogP contribution is -2.34. The van der Waals surface area contributed by atoms with Crippen LogP contribution in [-0.4, -0.2) is 24.2 Å². The predicted molar refractivity (Wildman–Crippen MR) is 140 cm³/mol. The van der Waals surface area contributed by atoms with Crippen LogP contribution >= 0.6 is 28.1 Å². The Bertz CT molecular complexity index is 1090. The molecule has 5 nitrogen and oxygen atoms in total. The summed E-state index contributed by atoms with van der Waals surface area (Å²) in [5.74, 6) is 1.55. The minimum Gasteiger partial charge on any atom is -0.493 e. The van der Waals surface area contributed by atoms with Crippen LogP contribution < -0.4 is 20.1 Å². The molecule has 0 bridgehead atoms. The summed E-state index contributed by atoms with van der Waals surface area (Å²) in [6, 6.07) is 22.8. The largest absolute Gasteiger partial charge is 0.493 e. The van der Waals surface area contributed by atoms with Gasteiger partial charge < -0.3 is 14.8 Å². The van der Waals surface area contributed by atoms with Crippen LogP contribution in [0.2, 0.25) is 0 Å². The van der Waals surface area contributed by atoms with Crippen LogP contribution in [-0.2, 0) is 6.42 Å².